The van der Waals surface area contributed by atoms with E-state index in [0.29, 0.717) is 74.5 Å². The number of carbonyl (C=O) groups is 2. The van der Waals surface area contributed by atoms with Crippen molar-refractivity contribution in [2.24, 2.45) is 17.8 Å². The van der Waals surface area contributed by atoms with Crippen molar-refractivity contribution in [3.8, 4) is 11.5 Å². The Morgan fingerprint density at radius 3 is 2.28 bits per heavy atom. The maximum Gasteiger partial charge on any atom is 0.274 e. The Morgan fingerprint density at radius 2 is 1.72 bits per heavy atom. The van der Waals surface area contributed by atoms with Gasteiger partial charge >= 0.3 is 0 Å². The first-order chi connectivity index (χ1) is 33.1. The van der Waals surface area contributed by atoms with Crippen LogP contribution in [0.1, 0.15) is 647 Å². The highest BCUT2D eigenvalue weighted by Crippen LogP contribution is 2.61. The predicted molar refractivity (Wildman–Crippen MR) is 966 cm³/mol. The summed E-state index contributed by atoms with van der Waals surface area (Å²) in [6.45, 7) is 35.3. The zero-order valence-corrected chi connectivity index (χ0v) is 40.6. The number of hydrogen-bond acceptors (Lipinski definition) is 9. The summed E-state index contributed by atoms with van der Waals surface area (Å²) in [6, 6.07) is 1.42. The Balaban J connectivity index is -0.000000000411. The molecule has 11 nitrogen and oxygen atoms in total. The third-order valence-electron chi connectivity index (χ3n) is 14.5. The lowest BCUT2D eigenvalue weighted by molar-refractivity contribution is -0.203. The van der Waals surface area contributed by atoms with Crippen LogP contribution in [0.5, 0.6) is 11.5 Å². The number of sulfonamides is 1. The molecule has 1 saturated heterocycles. The van der Waals surface area contributed by atoms with E-state index in [4.69, 9.17) is 33.8 Å². The molecular formula is C48H763N3O8S. The first-order valence-corrected chi connectivity index (χ1v) is 23.5. The molecule has 2 unspecified atom stereocenters. The van der Waals surface area contributed by atoms with Crippen molar-refractivity contribution in [3.63, 3.8) is 0 Å². The number of amides is 2. The Kier molecular flexibility index (Phi) is 11.1. The number of fused-ring (bicyclic) bond motifs is 2. The zero-order valence-electron chi connectivity index (χ0n) is 50.7. The summed E-state index contributed by atoms with van der Waals surface area (Å²) in [7, 11) is -3.46. The largest absolute Gasteiger partial charge is 0.495 e. The second-order valence-electron chi connectivity index (χ2n) is 20.2. The van der Waals surface area contributed by atoms with Gasteiger partial charge in [0, 0.05) is 528 Å². The summed E-state index contributed by atoms with van der Waals surface area (Å²) < 4.78 is 117. The summed E-state index contributed by atoms with van der Waals surface area (Å²) in [4.78, 5) is 31.8. The number of aryl methyl sites for hydroxylation is 1. The van der Waals surface area contributed by atoms with Crippen molar-refractivity contribution >= 4 is 27.5 Å². The van der Waals surface area contributed by atoms with Crippen molar-refractivity contribution in [2.45, 2.75) is 169 Å². The molecule has 60 heavy (non-hydrogen) atoms. The molecule has 2 aliphatic heterocycles. The topological polar surface area (TPSA) is 124 Å². The second kappa shape index (κ2) is 16.8. The van der Waals surface area contributed by atoms with Gasteiger partial charge in [0.05, 0.1) is 50.6 Å². The van der Waals surface area contributed by atoms with Crippen molar-refractivity contribution in [3.05, 3.63) is 45.5 Å². The van der Waals surface area contributed by atoms with Gasteiger partial charge in [-0.15, -0.1) is 0 Å². The average Bonchev–Trinajstić information content (AvgIpc) is 3.59. The van der Waals surface area contributed by atoms with Crippen LogP contribution >= 0.6 is 0 Å². The van der Waals surface area contributed by atoms with Gasteiger partial charge in [0.15, 0.2) is 0 Å². The molecule has 0 aromatic heterocycles. The number of carbonyl (C=O) groups excluding carboxylic acids is 2. The number of nitrogens with one attached hydrogen (secondary N) is 1. The van der Waals surface area contributed by atoms with Crippen LogP contribution in [0.2, 0.25) is 0 Å². The van der Waals surface area contributed by atoms with Crippen LogP contribution in [0.15, 0.2) is 17.0 Å². The smallest absolute Gasteiger partial charge is 0.274 e. The monoisotopic (exact) mass is 1560 g/mol. The Bertz CT molecular complexity index is 2390. The molecule has 1 saturated carbocycles. The van der Waals surface area contributed by atoms with Crippen molar-refractivity contribution < 1.29 is 537 Å². The van der Waals surface area contributed by atoms with Crippen molar-refractivity contribution in [1.82, 2.24) is 10.2 Å². The maximum atomic E-state index is 15.8. The van der Waals surface area contributed by atoms with Gasteiger partial charge in [0.2, 0.25) is 0 Å². The molecule has 2 aromatic carbocycles. The van der Waals surface area contributed by atoms with Crippen LogP contribution in [0.3, 0.4) is 0 Å². The van der Waals surface area contributed by atoms with Crippen molar-refractivity contribution in [1.29, 1.82) is 0 Å². The van der Waals surface area contributed by atoms with E-state index in [1.165, 1.54) is 7.11 Å². The van der Waals surface area contributed by atoms with Crippen LogP contribution in [-0.4, -0.2) is 87.4 Å². The highest BCUT2D eigenvalue weighted by Gasteiger charge is 2.64. The molecule has 2 fully saturated rings. The third kappa shape index (κ3) is 8.24. The fourth-order valence-corrected chi connectivity index (χ4v) is 11.9. The van der Waals surface area contributed by atoms with E-state index in [1.54, 1.807) is 19.9 Å². The lowest BCUT2D eigenvalue weighted by Crippen LogP contribution is -2.61. The van der Waals surface area contributed by atoms with Crippen molar-refractivity contribution in [2.75, 3.05) is 44.3 Å². The fraction of sp³-hybridized carbons (Fsp3) is 0.708. The van der Waals surface area contributed by atoms with Gasteiger partial charge in [-0.1, -0.05) is 41.5 Å². The Morgan fingerprint density at radius 1 is 1.08 bits per heavy atom. The average molecular weight is 1560 g/mol. The minimum Gasteiger partial charge on any atom is -0.495 e. The Labute approximate surface area is 881 Å². The van der Waals surface area contributed by atoms with Crippen LogP contribution in [0.4, 0.5) is 5.69 Å². The zero-order chi connectivity index (χ0) is 56.0. The number of nitrogens with zero attached hydrogens (tertiary/aromatic N) is 2. The molecule has 3 aliphatic rings. The first kappa shape index (κ1) is 39.6. The molecule has 0 radical (unpaired) electrons. The molecule has 1 N–H and O–H groups in total. The summed E-state index contributed by atoms with van der Waals surface area (Å²) in [5, 5.41) is 3.07. The normalized spacial score (nSPS) is 25.8. The SMILES string of the molecule is [2H][2H].[2H][2H].[2H][2H].[2H][2H].[2H][2H].[2H]c1c(OC)c(S(=O)(=O)N2C(=O)[C@@]3(CC[C@](C)(OC(C)(C)CN4CCOCC4(C)C)C(C)C3C)c3c2cc(C)c(OCC(C)C)c3C)c(C)c(C)c1C(=O)NC(C)(CC)CC.[HH].[HH].[HH].[HH].[HH].[HH].[HH].[HH].[HH].[HH].[HH].[HH].[HH].[HH].[HH].[HH].[HH].[HH].[HH].[HH].[HH].[HH].[HH].[HH].[HH].[HH].[HH].[HH].[HH].[HH].[HH].[HH].[HH].[HH].[HH].[HH].[HH].[HH].[HH].[HH].[HH].[HH].[HH].[HH].[HH].[HH].[HH].[HH].[HH].[HH].[HH].[HH].[HH].[HH].[HH].[HH].[HH].[HH].[HH].[HH].[HH].[HH].[HH].[HH].[HH].[HH].[HH].[HH].[HH].[HH].[HH].[HH].[HH].[HH].[HH].[HH].[HH].[HH].[HH].[HH].[HH].[HH].[HH].[HH].[HH].[HH].[HH].[HH].[HH].[HH].[HH].[HH].[HH].[HH].[HH].[HH].[HH].[HH].[HH].[HH].[HH].[HH].[HH].[HH].[HH].[HH].[HH].[HH].[HH].[HH].[HH].[HH].[HH].[HH].[HH].[HH].[HH].[HH].[HH].[HH].[HH].[HH].[HH].[HH].[HH].[HH].[HH].[HH].[HH].[HH].[HH].[HH].[HH].[HH].[HH].[HH].[HH].[HH].[HH].[HH].[HH].[HH].[HH].[HH].[HH].[HH].[HH].[HH].[HH].[HH].[HH].[HH].[HH].[HH].[HH].[HH].[HH].[HH].[HH].[HH].[HH].[HH].[HH].[HH].[HH].[HH].[HH].[HH].[HH].[HH].[HH].[HH].[HH].[HH].[HH].[HH].[HH].[HH].[HH].[HH].[HH].[HH].[HH].[HH].[HH].[HH].[HH].[HH].[HH].[HH].[HH].[HH].[HH].[HH].[HH].[HH].[HH].[HH].[HH].[HH].[HH].[HH].[HH].[HH].[HH].[HH].[HH].[HH].[HH].[HH].[HH].[HH].[HH].[HH].[HH].[HH].[HH].[HH].[HH].[HH].[HH].[HH].[HH].[HH].[HH].[HH].[HH].[HH].[HH].[HH].[HH].[HH].[HH].[HH].[HH].[HH].[HH].[HH].[HH].[HH].[HH].[HH].[HH].[HH].[HH].[HH].[HH].[HH].[HH].[HH].[HH].[HH].[HH].[HH].[HH].[HH].[HH].[HH].[HH].[HH].[HH].[HH].[HH].[HH].[HH].[HH].[HH].[HH].[HH].[HH].[HH].[HH].[HH].[HH].[HH].[HH].[HH].[HH].[HH].[HH].[HH].[HH].[HH].[HH].[HH].[HH].[HH].[HH].[HH].[HH].[HH].[HH].[HH].[HH].[HH].[HH].[HH].[HH].[HH].[HH].[HH].[HH].[HH].[HH].[HH].[HH].[HH].[HH].[HH].[HH].[HH].[HH].[HH].[HH].[HH].[HH].[HH].[HH].[HH].[HH].[HH].[HH].[HH].[HH].[HH].[HH].[HH].[HH].[HH].[HH].[HH].[HH].[HH].[HH].[HH].[HH].[HH].[HH].[HH]. The predicted octanol–water partition coefficient (Wildman–Crippen LogP) is 93.6. The van der Waals surface area contributed by atoms with Gasteiger partial charge in [0.1, 0.15) is 16.4 Å². The van der Waals surface area contributed by atoms with Gasteiger partial charge in [0.25, 0.3) is 21.8 Å². The molecule has 1 aliphatic carbocycles. The van der Waals surface area contributed by atoms with E-state index < -0.39 is 44.0 Å². The lowest BCUT2D eigenvalue weighted by Gasteiger charge is -2.54. The van der Waals surface area contributed by atoms with E-state index in [1.807, 2.05) is 34.6 Å². The number of benzene rings is 2. The van der Waals surface area contributed by atoms with E-state index >= 15 is 13.2 Å². The van der Waals surface area contributed by atoms with E-state index in [9.17, 15) is 6.17 Å². The molecule has 5 rings (SSSR count). The molecule has 1 spiro atoms. The van der Waals surface area contributed by atoms with Crippen LogP contribution in [-0.2, 0) is 29.7 Å². The summed E-state index contributed by atoms with van der Waals surface area (Å²) >= 11 is 0. The molecule has 2 heterocycles. The van der Waals surface area contributed by atoms with Gasteiger partial charge in [-0.2, -0.15) is 0 Å². The van der Waals surface area contributed by atoms with Crippen LogP contribution < -0.4 is 19.1 Å². The van der Waals surface area contributed by atoms with Crippen LogP contribution in [0, 0.1) is 45.4 Å². The van der Waals surface area contributed by atoms with E-state index in [0.717, 1.165) is 16.4 Å². The summed E-state index contributed by atoms with van der Waals surface area (Å²) in [5.74, 6) is -0.979. The Hall–Kier alpha value is -3.19. The quantitative estimate of drug-likeness (QED) is 0.197. The fourth-order valence-electron chi connectivity index (χ4n) is 10.1. The molecule has 2 aromatic rings. The minimum absolute atomic E-state index is 0. The number of hydrogen-bond donors (Lipinski definition) is 1. The number of morpholine rings is 1. The molecule has 4 atom stereocenters. The second-order valence-corrected chi connectivity index (χ2v) is 21.9. The number of anilines is 1. The number of ether oxygens (including phenoxy) is 4. The number of rotatable bonds is 14. The van der Waals surface area contributed by atoms with Crippen LogP contribution in [0.25, 0.3) is 0 Å². The lowest BCUT2D eigenvalue weighted by atomic mass is 9.55. The number of methoxy groups -OCH3 is 1. The molecular weight excluding hydrogens is 779 g/mol. The summed E-state index contributed by atoms with van der Waals surface area (Å²) in [6.07, 6.45) is 2.17. The van der Waals surface area contributed by atoms with E-state index in [-0.39, 0.29) is 540 Å². The highest BCUT2D eigenvalue weighted by molar-refractivity contribution is 7.93. The van der Waals surface area contributed by atoms with Gasteiger partial charge < -0.3 is 24.3 Å². The summed E-state index contributed by atoms with van der Waals surface area (Å²) in [5.41, 5.74) is -0.125. The third-order valence-corrected chi connectivity index (χ3v) is 16.4. The molecule has 12 heteroatoms. The standard InChI is InChI=1S/C48H75N3O8S.344H2/c1-18-46(15,19-2)49-42(52)36-25-38(56-17)41(32(7)31(36)6)60(54,55)51-37-24-30(5)40(58-26-29(3)4)33(8)39(37)48(43(51)53)21-20-47(16,34(9)35(48)10)59-45(13,14)27-50-22-23-57-28-44(50,11)12;;;;;;;;;;;;;;;;;;;;;;;;;;;;;;;;;;;;;;;;;;;;;;;;;;;;;;;;;;;;;;;;;;;;;;;;;;;;;;;;;;;;;;;;;;;;;;;;;;;;;;;;;;;;;;;;;;;;;;;;;;;;;;;;;;;;;;;;;;;;;;;;;;;;;;;;;;;;;;;;;;;;;;;;;;;;;;;;;;;;;;;;;;;;;;;;;;;;;;;;;;;;;;;;;;;;;;;;;;;;;;;;;;;;;;;;;;;;;;;;;;;;;;;;;;;;;;;;;;;;;;;;;;;;;;;;;;;;;;;;;;;;;;;;;;;;;;;;;;;;;;;;;;;;;;;;;;;;;;;;;;;;;;;;;;;;;;;;;;;;;;;;/h24-25,29,34-35H,18-23,26-28H2,1-17H3,(H,49,52);344*1H/t34?,35?,47-,48+;;;;;;;;;;;;;;;;;;;;;;;;;;;;;;;;;;;;;;;;;;;;;;;;;;;;;;;;;;;;;;;;;;;;;;;;;;;;;;;;;;;;;;;;;;;;;;;;;;;;;;;;;;;;;;;;;;;;;;;;;;;;;;;;;;;;;;;;;;;;;;;;;;;;;;;;;;;;;;;;;;;;;;;;;;;;;;;;;;;;;;;;;;;;;;;;;;;;;;;;;;;;;;;;;;;;;;;;;;;;;;;;;;;;;;;;;;;;;;;;;;;;;;;;;;;;;;;;;;;;;;;;;;;;;;;;;;;;;;;;;;;;;;;;;;;;;;;;;;;;;;;;;;;;;;;;;;;;;;;;;;;;;;;;;;;;;;;;;;;;;;;;/m0......................................................................................................................................................................................................................................................................................................................................................../s1/i25D;5*1+1D;;;;;;;;;;;;;;;;;;;;;;;;;;;;;;;;;;;;;;;;;;;;;;;;;;;;;;;;;;;;;;;;;;;;;;;;;;;;;;;;;;;;;;;;;;;;;;;;;;;;;;;;;;;;;;;;;;;;;;;;;;;;;;;;;;;;;;;;;;;;;;;;;;;;;;;;;;;;;;;;;;;;;;;;;;;;;;;;;;;;;;;;;;;;;;;;;;;;;;;;;;;;;;;;;;;;;;;;;;;;;;;;;;;;;;;;;;;;;;;;;;;;;;;;;;;;;;;;;;;;;;;;;;;;;;;;;;;;;;;;;;;;;;;;;;;;;;;;;;;;;;;;;;;;;;;;;;;;;;;;;;;;;;;;;;;;;;;;;;;. The highest BCUT2D eigenvalue weighted by atomic mass is 32.2. The first-order valence-electron chi connectivity index (χ1n) is 27.5. The minimum atomic E-state index is -4.76. The van der Waals surface area contributed by atoms with Gasteiger partial charge in [-0.25, -0.2) is 12.7 Å². The molecule has 1024 valence electrons. The van der Waals surface area contributed by atoms with E-state index in [2.05, 4.69) is 72.5 Å². The molecule has 2 amide bonds. The maximum absolute atomic E-state index is 15.8. The van der Waals surface area contributed by atoms with Gasteiger partial charge in [-0.05, 0) is 153 Å². The van der Waals surface area contributed by atoms with Gasteiger partial charge in [-0.3, -0.25) is 14.5 Å². The molecule has 0 bridgehead atoms.